The van der Waals surface area contributed by atoms with E-state index in [9.17, 15) is 17.6 Å². The molecule has 0 aliphatic heterocycles. The minimum absolute atomic E-state index is 0.00751. The van der Waals surface area contributed by atoms with E-state index in [1.54, 1.807) is 24.0 Å². The largest absolute Gasteiger partial charge is 0.416 e. The Morgan fingerprint density at radius 2 is 2.00 bits per heavy atom. The molecule has 0 spiro atoms. The average Bonchev–Trinajstić information content (AvgIpc) is 2.76. The number of hydrogen-bond donors (Lipinski definition) is 1. The van der Waals surface area contributed by atoms with Gasteiger partial charge in [-0.2, -0.15) is 13.2 Å². The van der Waals surface area contributed by atoms with Crippen molar-refractivity contribution in [2.24, 2.45) is 7.05 Å². The highest BCUT2D eigenvalue weighted by Crippen LogP contribution is 2.32. The molecular formula is C13H13F4N3. The molecule has 0 aliphatic carbocycles. The molecule has 7 heteroatoms. The number of nitrogens with zero attached hydrogens (tertiary/aromatic N) is 2. The first-order chi connectivity index (χ1) is 9.38. The standard InChI is InChI=1S/C13H13F4N3/c1-20-5-4-19-12(20)8-18-7-9-2-3-10(14)6-11(9)13(15,16)17/h2-6,18H,7-8H2,1H3. The van der Waals surface area contributed by atoms with Crippen molar-refractivity contribution in [3.8, 4) is 0 Å². The number of aromatic nitrogens is 2. The van der Waals surface area contributed by atoms with E-state index in [4.69, 9.17) is 0 Å². The van der Waals surface area contributed by atoms with Gasteiger partial charge >= 0.3 is 6.18 Å². The fraction of sp³-hybridized carbons (Fsp3) is 0.308. The van der Waals surface area contributed by atoms with Gasteiger partial charge in [0.1, 0.15) is 11.6 Å². The Morgan fingerprint density at radius 1 is 1.25 bits per heavy atom. The molecule has 1 N–H and O–H groups in total. The SMILES string of the molecule is Cn1ccnc1CNCc1ccc(F)cc1C(F)(F)F. The number of nitrogens with one attached hydrogen (secondary N) is 1. The van der Waals surface area contributed by atoms with E-state index in [0.717, 1.165) is 12.1 Å². The van der Waals surface area contributed by atoms with Gasteiger partial charge in [0.25, 0.3) is 0 Å². The molecular weight excluding hydrogens is 274 g/mol. The van der Waals surface area contributed by atoms with E-state index >= 15 is 0 Å². The van der Waals surface area contributed by atoms with Crippen LogP contribution in [0.25, 0.3) is 0 Å². The number of rotatable bonds is 4. The van der Waals surface area contributed by atoms with Gasteiger partial charge in [-0.15, -0.1) is 0 Å². The predicted molar refractivity (Wildman–Crippen MR) is 65.2 cm³/mol. The van der Waals surface area contributed by atoms with Gasteiger partial charge in [0.15, 0.2) is 0 Å². The quantitative estimate of drug-likeness (QED) is 0.876. The maximum atomic E-state index is 12.9. The minimum atomic E-state index is -4.57. The third kappa shape index (κ3) is 3.36. The van der Waals surface area contributed by atoms with Crippen LogP contribution in [0.15, 0.2) is 30.6 Å². The molecule has 2 rings (SSSR count). The van der Waals surface area contributed by atoms with Gasteiger partial charge in [0.05, 0.1) is 12.1 Å². The second-order valence-electron chi connectivity index (χ2n) is 4.36. The molecule has 1 heterocycles. The van der Waals surface area contributed by atoms with Crippen LogP contribution in [0, 0.1) is 5.82 Å². The summed E-state index contributed by atoms with van der Waals surface area (Å²) in [5, 5.41) is 2.87. The van der Waals surface area contributed by atoms with E-state index in [1.165, 1.54) is 0 Å². The lowest BCUT2D eigenvalue weighted by Crippen LogP contribution is -2.19. The molecule has 20 heavy (non-hydrogen) atoms. The summed E-state index contributed by atoms with van der Waals surface area (Å²) in [6, 6.07) is 2.67. The van der Waals surface area contributed by atoms with Crippen molar-refractivity contribution in [2.75, 3.05) is 0 Å². The number of aryl methyl sites for hydroxylation is 1. The third-order valence-corrected chi connectivity index (χ3v) is 2.90. The summed E-state index contributed by atoms with van der Waals surface area (Å²) in [5.41, 5.74) is -0.946. The van der Waals surface area contributed by atoms with Crippen molar-refractivity contribution in [2.45, 2.75) is 19.3 Å². The Balaban J connectivity index is 2.08. The Labute approximate surface area is 113 Å². The van der Waals surface area contributed by atoms with Crippen LogP contribution in [-0.4, -0.2) is 9.55 Å². The first kappa shape index (κ1) is 14.5. The molecule has 1 aromatic carbocycles. The summed E-state index contributed by atoms with van der Waals surface area (Å²) >= 11 is 0. The van der Waals surface area contributed by atoms with Crippen LogP contribution in [0.2, 0.25) is 0 Å². The van der Waals surface area contributed by atoms with E-state index in [2.05, 4.69) is 10.3 Å². The molecule has 0 unspecified atom stereocenters. The van der Waals surface area contributed by atoms with Gasteiger partial charge in [-0.1, -0.05) is 6.07 Å². The molecule has 0 amide bonds. The topological polar surface area (TPSA) is 29.9 Å². The number of imidazole rings is 1. The van der Waals surface area contributed by atoms with Crippen LogP contribution in [0.5, 0.6) is 0 Å². The van der Waals surface area contributed by atoms with E-state index in [1.807, 2.05) is 0 Å². The van der Waals surface area contributed by atoms with Gasteiger partial charge < -0.3 is 9.88 Å². The predicted octanol–water partition coefficient (Wildman–Crippen LogP) is 2.87. The molecule has 0 atom stereocenters. The number of alkyl halides is 3. The van der Waals surface area contributed by atoms with Crippen LogP contribution in [0.3, 0.4) is 0 Å². The van der Waals surface area contributed by atoms with Crippen molar-refractivity contribution in [3.05, 3.63) is 53.4 Å². The van der Waals surface area contributed by atoms with Crippen LogP contribution in [-0.2, 0) is 26.3 Å². The van der Waals surface area contributed by atoms with Crippen molar-refractivity contribution in [1.29, 1.82) is 0 Å². The van der Waals surface area contributed by atoms with Crippen LogP contribution >= 0.6 is 0 Å². The zero-order valence-electron chi connectivity index (χ0n) is 10.7. The van der Waals surface area contributed by atoms with Crippen LogP contribution in [0.4, 0.5) is 17.6 Å². The molecule has 0 saturated heterocycles. The van der Waals surface area contributed by atoms with Crippen molar-refractivity contribution >= 4 is 0 Å². The smallest absolute Gasteiger partial charge is 0.337 e. The van der Waals surface area contributed by atoms with Gasteiger partial charge in [0.2, 0.25) is 0 Å². The molecule has 2 aromatic rings. The van der Waals surface area contributed by atoms with Gasteiger partial charge in [0, 0.05) is 26.0 Å². The minimum Gasteiger partial charge on any atom is -0.337 e. The summed E-state index contributed by atoms with van der Waals surface area (Å²) in [7, 11) is 1.79. The lowest BCUT2D eigenvalue weighted by Gasteiger charge is -2.13. The Bertz CT molecular complexity index is 590. The second-order valence-corrected chi connectivity index (χ2v) is 4.36. The lowest BCUT2D eigenvalue weighted by atomic mass is 10.1. The Kier molecular flexibility index (Phi) is 4.08. The van der Waals surface area contributed by atoms with E-state index in [-0.39, 0.29) is 12.1 Å². The van der Waals surface area contributed by atoms with Crippen molar-refractivity contribution in [3.63, 3.8) is 0 Å². The maximum Gasteiger partial charge on any atom is 0.416 e. The van der Waals surface area contributed by atoms with Crippen molar-refractivity contribution < 1.29 is 17.6 Å². The van der Waals surface area contributed by atoms with Crippen molar-refractivity contribution in [1.82, 2.24) is 14.9 Å². The third-order valence-electron chi connectivity index (χ3n) is 2.90. The van der Waals surface area contributed by atoms with Gasteiger partial charge in [-0.3, -0.25) is 0 Å². The van der Waals surface area contributed by atoms with E-state index in [0.29, 0.717) is 18.4 Å². The van der Waals surface area contributed by atoms with Gasteiger partial charge in [-0.25, -0.2) is 9.37 Å². The lowest BCUT2D eigenvalue weighted by molar-refractivity contribution is -0.138. The average molecular weight is 287 g/mol. The fourth-order valence-corrected chi connectivity index (χ4v) is 1.84. The molecule has 0 saturated carbocycles. The van der Waals surface area contributed by atoms with Crippen LogP contribution in [0.1, 0.15) is 17.0 Å². The maximum absolute atomic E-state index is 12.9. The molecule has 3 nitrogen and oxygen atoms in total. The summed E-state index contributed by atoms with van der Waals surface area (Å²) < 4.78 is 53.1. The first-order valence-corrected chi connectivity index (χ1v) is 5.90. The number of hydrogen-bond acceptors (Lipinski definition) is 2. The first-order valence-electron chi connectivity index (χ1n) is 5.90. The van der Waals surface area contributed by atoms with E-state index < -0.39 is 17.6 Å². The Morgan fingerprint density at radius 3 is 2.60 bits per heavy atom. The number of benzene rings is 1. The fourth-order valence-electron chi connectivity index (χ4n) is 1.84. The zero-order chi connectivity index (χ0) is 14.8. The molecule has 1 aromatic heterocycles. The second kappa shape index (κ2) is 5.62. The number of halogens is 4. The monoisotopic (exact) mass is 287 g/mol. The van der Waals surface area contributed by atoms with Crippen LogP contribution < -0.4 is 5.32 Å². The Hall–Kier alpha value is -1.89. The molecule has 108 valence electrons. The highest BCUT2D eigenvalue weighted by Gasteiger charge is 2.33. The highest BCUT2D eigenvalue weighted by atomic mass is 19.4. The molecule has 0 radical (unpaired) electrons. The summed E-state index contributed by atoms with van der Waals surface area (Å²) in [6.07, 6.45) is -1.21. The zero-order valence-corrected chi connectivity index (χ0v) is 10.7. The summed E-state index contributed by atoms with van der Waals surface area (Å²) in [4.78, 5) is 4.05. The molecule has 0 fully saturated rings. The molecule has 0 aliphatic rings. The highest BCUT2D eigenvalue weighted by molar-refractivity contribution is 5.30. The molecule has 0 bridgehead atoms. The van der Waals surface area contributed by atoms with Gasteiger partial charge in [-0.05, 0) is 17.7 Å². The summed E-state index contributed by atoms with van der Waals surface area (Å²) in [5.74, 6) is -0.189. The normalized spacial score (nSPS) is 11.8. The summed E-state index contributed by atoms with van der Waals surface area (Å²) in [6.45, 7) is 0.320.